The fraction of sp³-hybridized carbons (Fsp3) is 0.200. The summed E-state index contributed by atoms with van der Waals surface area (Å²) < 4.78 is 0. The zero-order chi connectivity index (χ0) is 13.4. The van der Waals surface area contributed by atoms with E-state index in [-0.39, 0.29) is 0 Å². The Hall–Kier alpha value is -1.63. The topological polar surface area (TPSA) is 115 Å². The lowest BCUT2D eigenvalue weighted by Crippen LogP contribution is -2.09. The molecule has 1 aromatic rings. The van der Waals surface area contributed by atoms with Gasteiger partial charge in [0.05, 0.1) is 0 Å². The summed E-state index contributed by atoms with van der Waals surface area (Å²) in [5.41, 5.74) is 0.326. The van der Waals surface area contributed by atoms with E-state index in [9.17, 15) is 4.79 Å². The Morgan fingerprint density at radius 2 is 1.59 bits per heavy atom. The zero-order valence-corrected chi connectivity index (χ0v) is 9.33. The summed E-state index contributed by atoms with van der Waals surface area (Å²) in [5, 5.41) is 33.0. The summed E-state index contributed by atoms with van der Waals surface area (Å²) in [4.78, 5) is 19.4. The Kier molecular flexibility index (Phi) is 6.88. The second-order valence-corrected chi connectivity index (χ2v) is 3.28. The van der Waals surface area contributed by atoms with Crippen molar-refractivity contribution in [2.24, 2.45) is 0 Å². The quantitative estimate of drug-likeness (QED) is 0.631. The maximum atomic E-state index is 10.3. The number of rotatable bonds is 3. The molecule has 17 heavy (non-hydrogen) atoms. The second-order valence-electron chi connectivity index (χ2n) is 2.84. The van der Waals surface area contributed by atoms with Crippen molar-refractivity contribution in [3.05, 3.63) is 34.9 Å². The molecule has 1 rings (SSSR count). The van der Waals surface area contributed by atoms with Crippen molar-refractivity contribution in [1.29, 1.82) is 0 Å². The van der Waals surface area contributed by atoms with Gasteiger partial charge in [0.2, 0.25) is 0 Å². The van der Waals surface area contributed by atoms with Gasteiger partial charge in [0.25, 0.3) is 0 Å². The number of aliphatic carboxylic acids is 2. The average molecular weight is 263 g/mol. The third-order valence-electron chi connectivity index (χ3n) is 1.55. The molecule has 7 heteroatoms. The van der Waals surface area contributed by atoms with Gasteiger partial charge in [-0.2, -0.15) is 0 Å². The van der Waals surface area contributed by atoms with Crippen LogP contribution in [0, 0.1) is 0 Å². The number of carboxylic acid groups (broad SMARTS) is 2. The highest BCUT2D eigenvalue weighted by atomic mass is 35.5. The van der Waals surface area contributed by atoms with Crippen LogP contribution in [0.5, 0.6) is 0 Å². The Balaban J connectivity index is 0.000000437. The van der Waals surface area contributed by atoms with Crippen LogP contribution in [0.3, 0.4) is 0 Å². The maximum absolute atomic E-state index is 10.3. The third-order valence-corrected chi connectivity index (χ3v) is 1.81. The molecule has 94 valence electrons. The Labute approximate surface area is 102 Å². The molecule has 0 aromatic heterocycles. The third kappa shape index (κ3) is 6.52. The number of halogens is 1. The van der Waals surface area contributed by atoms with Gasteiger partial charge in [-0.3, -0.25) is 0 Å². The van der Waals surface area contributed by atoms with Crippen LogP contribution in [0.15, 0.2) is 24.3 Å². The smallest absolute Gasteiger partial charge is 0.337 e. The standard InChI is InChI=1S/C8H7ClO3.C2H4O3/c9-6-3-1-5(2-4-6)7(10)8(11)12;3-1-2(4)5/h1-4,7,10H,(H,11,12);3H,1H2,(H,4,5). The molecular weight excluding hydrogens is 252 g/mol. The number of aliphatic hydroxyl groups excluding tert-OH is 2. The summed E-state index contributed by atoms with van der Waals surface area (Å²) in [6.45, 7) is -0.778. The lowest BCUT2D eigenvalue weighted by atomic mass is 10.1. The first-order valence-corrected chi connectivity index (χ1v) is 4.75. The molecule has 4 N–H and O–H groups in total. The Bertz CT molecular complexity index is 375. The molecule has 0 amide bonds. The molecule has 6 nitrogen and oxygen atoms in total. The van der Waals surface area contributed by atoms with Crippen LogP contribution < -0.4 is 0 Å². The largest absolute Gasteiger partial charge is 0.480 e. The van der Waals surface area contributed by atoms with E-state index in [0.29, 0.717) is 10.6 Å². The predicted octanol–water partition coefficient (Wildman–Crippen LogP) is 0.521. The minimum absolute atomic E-state index is 0.326. The van der Waals surface area contributed by atoms with Gasteiger partial charge in [-0.1, -0.05) is 23.7 Å². The van der Waals surface area contributed by atoms with Gasteiger partial charge < -0.3 is 20.4 Å². The number of carbonyl (C=O) groups is 2. The summed E-state index contributed by atoms with van der Waals surface area (Å²) in [7, 11) is 0. The molecule has 0 heterocycles. The number of benzene rings is 1. The molecule has 1 atom stereocenters. The van der Waals surface area contributed by atoms with Gasteiger partial charge in [-0.05, 0) is 17.7 Å². The molecule has 0 aliphatic rings. The highest BCUT2D eigenvalue weighted by Gasteiger charge is 2.14. The van der Waals surface area contributed by atoms with E-state index in [1.807, 2.05) is 0 Å². The Morgan fingerprint density at radius 3 is 1.88 bits per heavy atom. The molecule has 0 bridgehead atoms. The molecule has 0 saturated heterocycles. The number of hydrogen-bond acceptors (Lipinski definition) is 4. The number of hydrogen-bond donors (Lipinski definition) is 4. The molecule has 1 aromatic carbocycles. The van der Waals surface area contributed by atoms with E-state index < -0.39 is 24.6 Å². The average Bonchev–Trinajstić information content (AvgIpc) is 2.29. The number of aliphatic hydroxyl groups is 2. The summed E-state index contributed by atoms with van der Waals surface area (Å²) >= 11 is 5.57. The van der Waals surface area contributed by atoms with E-state index in [4.69, 9.17) is 36.8 Å². The molecule has 0 radical (unpaired) electrons. The molecule has 0 saturated carbocycles. The van der Waals surface area contributed by atoms with Crippen LogP contribution in [0.1, 0.15) is 11.7 Å². The lowest BCUT2D eigenvalue weighted by Gasteiger charge is -2.04. The second kappa shape index (κ2) is 7.61. The first-order chi connectivity index (χ1) is 7.88. The minimum atomic E-state index is -1.47. The van der Waals surface area contributed by atoms with E-state index in [2.05, 4.69) is 0 Å². The van der Waals surface area contributed by atoms with Gasteiger partial charge in [-0.25, -0.2) is 9.59 Å². The summed E-state index contributed by atoms with van der Waals surface area (Å²) in [6.07, 6.45) is -1.47. The van der Waals surface area contributed by atoms with Crippen molar-refractivity contribution in [2.75, 3.05) is 6.61 Å². The van der Waals surface area contributed by atoms with Crippen molar-refractivity contribution in [3.63, 3.8) is 0 Å². The predicted molar refractivity (Wildman–Crippen MR) is 58.8 cm³/mol. The first-order valence-electron chi connectivity index (χ1n) is 4.37. The SMILES string of the molecule is O=C(O)C(O)c1ccc(Cl)cc1.O=C(O)CO. The molecule has 0 aliphatic heterocycles. The van der Waals surface area contributed by atoms with E-state index in [1.54, 1.807) is 0 Å². The number of carboxylic acids is 2. The molecule has 0 spiro atoms. The lowest BCUT2D eigenvalue weighted by molar-refractivity contribution is -0.147. The summed E-state index contributed by atoms with van der Waals surface area (Å²) in [6, 6.07) is 6.01. The van der Waals surface area contributed by atoms with Gasteiger partial charge >= 0.3 is 11.9 Å². The first kappa shape index (κ1) is 15.4. The molecule has 1 unspecified atom stereocenters. The summed E-state index contributed by atoms with van der Waals surface area (Å²) in [5.74, 6) is -2.46. The van der Waals surface area contributed by atoms with Crippen LogP contribution in [0.25, 0.3) is 0 Å². The van der Waals surface area contributed by atoms with Crippen molar-refractivity contribution in [1.82, 2.24) is 0 Å². The fourth-order valence-corrected chi connectivity index (χ4v) is 0.914. The van der Waals surface area contributed by atoms with Crippen LogP contribution in [0.4, 0.5) is 0 Å². The Morgan fingerprint density at radius 1 is 1.18 bits per heavy atom. The minimum Gasteiger partial charge on any atom is -0.480 e. The van der Waals surface area contributed by atoms with Crippen molar-refractivity contribution in [2.45, 2.75) is 6.10 Å². The fourth-order valence-electron chi connectivity index (χ4n) is 0.788. The monoisotopic (exact) mass is 262 g/mol. The van der Waals surface area contributed by atoms with Crippen LogP contribution in [-0.4, -0.2) is 39.0 Å². The van der Waals surface area contributed by atoms with Gasteiger partial charge in [0.15, 0.2) is 6.10 Å². The van der Waals surface area contributed by atoms with Crippen molar-refractivity contribution >= 4 is 23.5 Å². The molecule has 0 fully saturated rings. The highest BCUT2D eigenvalue weighted by molar-refractivity contribution is 6.30. The van der Waals surface area contributed by atoms with E-state index in [0.717, 1.165) is 0 Å². The van der Waals surface area contributed by atoms with Crippen LogP contribution >= 0.6 is 11.6 Å². The van der Waals surface area contributed by atoms with E-state index >= 15 is 0 Å². The van der Waals surface area contributed by atoms with Gasteiger partial charge in [0, 0.05) is 5.02 Å². The van der Waals surface area contributed by atoms with Gasteiger partial charge in [-0.15, -0.1) is 0 Å². The molecule has 0 aliphatic carbocycles. The van der Waals surface area contributed by atoms with Gasteiger partial charge in [0.1, 0.15) is 6.61 Å². The highest BCUT2D eigenvalue weighted by Crippen LogP contribution is 2.16. The van der Waals surface area contributed by atoms with Crippen molar-refractivity contribution in [3.8, 4) is 0 Å². The van der Waals surface area contributed by atoms with Crippen molar-refractivity contribution < 1.29 is 30.0 Å². The zero-order valence-electron chi connectivity index (χ0n) is 8.58. The van der Waals surface area contributed by atoms with Crippen LogP contribution in [-0.2, 0) is 9.59 Å². The van der Waals surface area contributed by atoms with E-state index in [1.165, 1.54) is 24.3 Å². The molecular formula is C10H11ClO6. The maximum Gasteiger partial charge on any atom is 0.337 e. The normalized spacial score (nSPS) is 11.0. The van der Waals surface area contributed by atoms with Crippen LogP contribution in [0.2, 0.25) is 5.02 Å².